The number of rotatable bonds is 27. The molecule has 0 rings (SSSR count). The highest BCUT2D eigenvalue weighted by Crippen LogP contribution is 2.12. The van der Waals surface area contributed by atoms with E-state index in [1.807, 2.05) is 14.1 Å². The lowest BCUT2D eigenvalue weighted by molar-refractivity contribution is -0.883. The van der Waals surface area contributed by atoms with E-state index in [0.717, 1.165) is 70.5 Å². The Labute approximate surface area is 231 Å². The fraction of sp³-hybridized carbons (Fsp3) is 0.867. The van der Waals surface area contributed by atoms with Crippen LogP contribution in [0.3, 0.4) is 0 Å². The minimum absolute atomic E-state index is 0.0657. The van der Waals surface area contributed by atoms with Crippen LogP contribution in [-0.4, -0.2) is 75.7 Å². The normalized spacial score (nSPS) is 11.2. The van der Waals surface area contributed by atoms with Crippen LogP contribution in [0.15, 0.2) is 0 Å². The topological polar surface area (TPSA) is 96.0 Å². The Balaban J connectivity index is 3.39. The fourth-order valence-electron chi connectivity index (χ4n) is 4.18. The van der Waals surface area contributed by atoms with Crippen molar-refractivity contribution in [3.05, 3.63) is 0 Å². The van der Waals surface area contributed by atoms with Crippen molar-refractivity contribution in [3.63, 3.8) is 0 Å². The van der Waals surface area contributed by atoms with E-state index >= 15 is 0 Å². The van der Waals surface area contributed by atoms with Crippen molar-refractivity contribution >= 4 is 24.2 Å². The lowest BCUT2D eigenvalue weighted by atomic mass is 10.1. The summed E-state index contributed by atoms with van der Waals surface area (Å²) in [4.78, 5) is 44.9. The molecule has 0 aliphatic carbocycles. The first-order chi connectivity index (χ1) is 18.3. The second kappa shape index (κ2) is 25.3. The second-order valence-corrected chi connectivity index (χ2v) is 11.0. The van der Waals surface area contributed by atoms with Gasteiger partial charge in [-0.2, -0.15) is 0 Å². The number of hydrogen-bond donors (Lipinski definition) is 0. The molecule has 8 nitrogen and oxygen atoms in total. The predicted octanol–water partition coefficient (Wildman–Crippen LogP) is 5.93. The molecule has 0 amide bonds. The highest BCUT2D eigenvalue weighted by Gasteiger charge is 2.21. The Hall–Kier alpha value is -1.96. The maximum absolute atomic E-state index is 12.0. The second-order valence-electron chi connectivity index (χ2n) is 11.0. The molecule has 0 aromatic rings. The van der Waals surface area contributed by atoms with E-state index in [0.29, 0.717) is 43.7 Å². The molecular weight excluding hydrogens is 486 g/mol. The van der Waals surface area contributed by atoms with Crippen molar-refractivity contribution in [3.8, 4) is 0 Å². The molecule has 0 fully saturated rings. The molecule has 0 aliphatic heterocycles. The molecule has 222 valence electrons. The van der Waals surface area contributed by atoms with Gasteiger partial charge in [-0.15, -0.1) is 0 Å². The summed E-state index contributed by atoms with van der Waals surface area (Å²) in [5.74, 6) is -0.588. The van der Waals surface area contributed by atoms with Gasteiger partial charge in [-0.1, -0.05) is 77.0 Å². The summed E-state index contributed by atoms with van der Waals surface area (Å²) in [5.41, 5.74) is 0. The molecule has 0 heterocycles. The van der Waals surface area contributed by atoms with Gasteiger partial charge in [-0.25, -0.2) is 4.79 Å². The summed E-state index contributed by atoms with van der Waals surface area (Å²) in [7, 11) is 3.84. The maximum Gasteiger partial charge on any atom is 0.361 e. The summed E-state index contributed by atoms with van der Waals surface area (Å²) >= 11 is 0. The van der Waals surface area contributed by atoms with E-state index in [9.17, 15) is 19.2 Å². The smallest absolute Gasteiger partial charge is 0.361 e. The van der Waals surface area contributed by atoms with Crippen molar-refractivity contribution < 1.29 is 37.9 Å². The number of nitrogens with zero attached hydrogens (tertiary/aromatic N) is 1. The Kier molecular flexibility index (Phi) is 24.0. The number of unbranched alkanes of at least 4 members (excludes halogenated alkanes) is 15. The van der Waals surface area contributed by atoms with Gasteiger partial charge in [0.05, 0.1) is 27.3 Å². The first-order valence-corrected chi connectivity index (χ1v) is 15.0. The monoisotopic (exact) mass is 542 g/mol. The Morgan fingerprint density at radius 2 is 1.03 bits per heavy atom. The highest BCUT2D eigenvalue weighted by atomic mass is 16.5. The van der Waals surface area contributed by atoms with E-state index in [4.69, 9.17) is 14.2 Å². The van der Waals surface area contributed by atoms with E-state index in [-0.39, 0.29) is 24.5 Å². The standard InChI is InChI=1S/C30H56NO7/c1-28(33)36-26-22-31(2,3)27-30(35)38-25-20-16-12-8-7-11-15-19-24-37-29(34)21-17-13-9-5-4-6-10-14-18-23-32/h23H,4-22,24-27H2,1-3H3/q+1. The number of hydrogen-bond acceptors (Lipinski definition) is 7. The molecule has 0 radical (unpaired) electrons. The van der Waals surface area contributed by atoms with Crippen molar-refractivity contribution in [2.75, 3.05) is 47.0 Å². The zero-order valence-electron chi connectivity index (χ0n) is 24.6. The summed E-state index contributed by atoms with van der Waals surface area (Å²) in [6, 6.07) is 0. The molecule has 0 saturated carbocycles. The predicted molar refractivity (Wildman–Crippen MR) is 150 cm³/mol. The van der Waals surface area contributed by atoms with Gasteiger partial charge < -0.3 is 23.5 Å². The number of aldehydes is 1. The lowest BCUT2D eigenvalue weighted by Crippen LogP contribution is -2.46. The van der Waals surface area contributed by atoms with Gasteiger partial charge in [0.25, 0.3) is 0 Å². The van der Waals surface area contributed by atoms with Gasteiger partial charge in [0.1, 0.15) is 19.4 Å². The molecule has 0 atom stereocenters. The van der Waals surface area contributed by atoms with E-state index in [1.165, 1.54) is 45.4 Å². The van der Waals surface area contributed by atoms with Crippen LogP contribution in [-0.2, 0) is 33.4 Å². The van der Waals surface area contributed by atoms with Gasteiger partial charge in [0, 0.05) is 19.8 Å². The van der Waals surface area contributed by atoms with Crippen LogP contribution in [0.5, 0.6) is 0 Å². The first kappa shape index (κ1) is 36.0. The average molecular weight is 543 g/mol. The third-order valence-electron chi connectivity index (χ3n) is 6.58. The molecule has 0 unspecified atom stereocenters. The Bertz CT molecular complexity index is 622. The number of quaternary nitrogens is 1. The highest BCUT2D eigenvalue weighted by molar-refractivity contribution is 5.70. The average Bonchev–Trinajstić information content (AvgIpc) is 2.85. The molecule has 8 heteroatoms. The van der Waals surface area contributed by atoms with Gasteiger partial charge in [0.2, 0.25) is 0 Å². The number of esters is 3. The summed E-state index contributed by atoms with van der Waals surface area (Å²) in [5, 5.41) is 0. The molecule has 0 aromatic carbocycles. The van der Waals surface area contributed by atoms with Crippen molar-refractivity contribution in [1.29, 1.82) is 0 Å². The summed E-state index contributed by atoms with van der Waals surface area (Å²) in [6.45, 7) is 3.50. The maximum atomic E-state index is 12.0. The molecule has 0 aromatic heterocycles. The van der Waals surface area contributed by atoms with E-state index < -0.39 is 0 Å². The molecular formula is C30H56NO7+. The quantitative estimate of drug-likeness (QED) is 0.0417. The van der Waals surface area contributed by atoms with Crippen LogP contribution in [0.25, 0.3) is 0 Å². The van der Waals surface area contributed by atoms with Crippen LogP contribution in [0, 0.1) is 0 Å². The molecule has 0 saturated heterocycles. The largest absolute Gasteiger partial charge is 0.466 e. The Morgan fingerprint density at radius 3 is 1.53 bits per heavy atom. The van der Waals surface area contributed by atoms with Crippen LogP contribution in [0.1, 0.15) is 122 Å². The number of ether oxygens (including phenoxy) is 3. The molecule has 0 N–H and O–H groups in total. The third-order valence-corrected chi connectivity index (χ3v) is 6.58. The minimum atomic E-state index is -0.308. The number of likely N-dealkylation sites (N-methyl/N-ethyl adjacent to an activating group) is 1. The van der Waals surface area contributed by atoms with Crippen LogP contribution < -0.4 is 0 Å². The van der Waals surface area contributed by atoms with Crippen LogP contribution in [0.2, 0.25) is 0 Å². The van der Waals surface area contributed by atoms with Gasteiger partial charge >= 0.3 is 17.9 Å². The zero-order valence-corrected chi connectivity index (χ0v) is 24.6. The van der Waals surface area contributed by atoms with Crippen LogP contribution >= 0.6 is 0 Å². The third kappa shape index (κ3) is 27.1. The van der Waals surface area contributed by atoms with Crippen molar-refractivity contribution in [1.82, 2.24) is 0 Å². The number of carbonyl (C=O) groups excluding carboxylic acids is 4. The summed E-state index contributed by atoms with van der Waals surface area (Å²) < 4.78 is 16.1. The molecule has 0 aliphatic rings. The summed E-state index contributed by atoms with van der Waals surface area (Å²) in [6.07, 6.45) is 19.8. The first-order valence-electron chi connectivity index (χ1n) is 15.0. The lowest BCUT2D eigenvalue weighted by Gasteiger charge is -2.28. The van der Waals surface area contributed by atoms with Gasteiger partial charge in [-0.05, 0) is 25.7 Å². The molecule has 0 spiro atoms. The minimum Gasteiger partial charge on any atom is -0.466 e. The fourth-order valence-corrected chi connectivity index (χ4v) is 4.18. The molecule has 0 bridgehead atoms. The van der Waals surface area contributed by atoms with Crippen molar-refractivity contribution in [2.24, 2.45) is 0 Å². The van der Waals surface area contributed by atoms with Gasteiger partial charge in [0.15, 0.2) is 6.54 Å². The Morgan fingerprint density at radius 1 is 0.579 bits per heavy atom. The van der Waals surface area contributed by atoms with E-state index in [1.54, 1.807) is 0 Å². The van der Waals surface area contributed by atoms with Crippen LogP contribution in [0.4, 0.5) is 0 Å². The van der Waals surface area contributed by atoms with Gasteiger partial charge in [-0.3, -0.25) is 9.59 Å². The van der Waals surface area contributed by atoms with Crippen molar-refractivity contribution in [2.45, 2.75) is 122 Å². The van der Waals surface area contributed by atoms with E-state index in [2.05, 4.69) is 0 Å². The SMILES string of the molecule is CC(=O)OCC[N+](C)(C)CC(=O)OCCCCCCCCCCOC(=O)CCCCCCCCCCC=O. The number of carbonyl (C=O) groups is 4. The zero-order chi connectivity index (χ0) is 28.3. The molecule has 38 heavy (non-hydrogen) atoms.